The SMILES string of the molecule is CNCC1CCCN(C(=O)c2cc(C)n(-c3ccc(F)cc3)c2C)C1. The number of aromatic nitrogens is 1. The van der Waals surface area contributed by atoms with Gasteiger partial charge in [0.2, 0.25) is 0 Å². The maximum absolute atomic E-state index is 13.2. The number of aryl methyl sites for hydroxylation is 1. The Hall–Kier alpha value is -2.14. The molecule has 1 saturated heterocycles. The molecule has 4 nitrogen and oxygen atoms in total. The van der Waals surface area contributed by atoms with Crippen molar-refractivity contribution >= 4 is 5.91 Å². The molecule has 0 bridgehead atoms. The van der Waals surface area contributed by atoms with Crippen molar-refractivity contribution in [2.75, 3.05) is 26.7 Å². The molecule has 0 radical (unpaired) electrons. The minimum Gasteiger partial charge on any atom is -0.338 e. The van der Waals surface area contributed by atoms with Gasteiger partial charge in [-0.25, -0.2) is 4.39 Å². The lowest BCUT2D eigenvalue weighted by Crippen LogP contribution is -2.42. The highest BCUT2D eigenvalue weighted by Crippen LogP contribution is 2.24. The quantitative estimate of drug-likeness (QED) is 0.925. The van der Waals surface area contributed by atoms with Gasteiger partial charge in [-0.1, -0.05) is 0 Å². The lowest BCUT2D eigenvalue weighted by molar-refractivity contribution is 0.0673. The maximum Gasteiger partial charge on any atom is 0.255 e. The van der Waals surface area contributed by atoms with Crippen LogP contribution in [0.15, 0.2) is 30.3 Å². The van der Waals surface area contributed by atoms with Crippen molar-refractivity contribution in [1.82, 2.24) is 14.8 Å². The minimum absolute atomic E-state index is 0.0993. The van der Waals surface area contributed by atoms with E-state index in [0.29, 0.717) is 5.92 Å². The van der Waals surface area contributed by atoms with E-state index in [1.54, 1.807) is 12.1 Å². The summed E-state index contributed by atoms with van der Waals surface area (Å²) in [5.41, 5.74) is 3.51. The standard InChI is InChI=1S/C20H26FN3O/c1-14-11-19(15(2)24(14)18-8-6-17(21)7-9-18)20(25)23-10-4-5-16(13-23)12-22-3/h6-9,11,16,22H,4-5,10,12-13H2,1-3H3. The van der Waals surface area contributed by atoms with E-state index in [4.69, 9.17) is 0 Å². The molecule has 2 heterocycles. The van der Waals surface area contributed by atoms with Crippen molar-refractivity contribution in [2.24, 2.45) is 5.92 Å². The van der Waals surface area contributed by atoms with E-state index < -0.39 is 0 Å². The Morgan fingerprint density at radius 1 is 1.28 bits per heavy atom. The van der Waals surface area contributed by atoms with Crippen molar-refractivity contribution in [3.63, 3.8) is 0 Å². The third-order valence-corrected chi connectivity index (χ3v) is 5.05. The summed E-state index contributed by atoms with van der Waals surface area (Å²) in [5.74, 6) is 0.358. The van der Waals surface area contributed by atoms with E-state index in [0.717, 1.165) is 48.7 Å². The number of nitrogens with zero attached hydrogens (tertiary/aromatic N) is 2. The number of halogens is 1. The summed E-state index contributed by atoms with van der Waals surface area (Å²) in [7, 11) is 1.96. The van der Waals surface area contributed by atoms with Crippen LogP contribution in [0, 0.1) is 25.6 Å². The third kappa shape index (κ3) is 3.61. The van der Waals surface area contributed by atoms with Gasteiger partial charge >= 0.3 is 0 Å². The number of rotatable bonds is 4. The lowest BCUT2D eigenvalue weighted by Gasteiger charge is -2.32. The van der Waals surface area contributed by atoms with Gasteiger partial charge in [0.15, 0.2) is 0 Å². The number of carbonyl (C=O) groups excluding carboxylic acids is 1. The summed E-state index contributed by atoms with van der Waals surface area (Å²) < 4.78 is 15.2. The summed E-state index contributed by atoms with van der Waals surface area (Å²) in [6, 6.07) is 8.33. The van der Waals surface area contributed by atoms with Crippen LogP contribution in [0.4, 0.5) is 4.39 Å². The van der Waals surface area contributed by atoms with Crippen LogP contribution in [0.5, 0.6) is 0 Å². The predicted molar refractivity (Wildman–Crippen MR) is 97.8 cm³/mol. The highest BCUT2D eigenvalue weighted by atomic mass is 19.1. The lowest BCUT2D eigenvalue weighted by atomic mass is 9.97. The number of likely N-dealkylation sites (tertiary alicyclic amines) is 1. The van der Waals surface area contributed by atoms with E-state index in [9.17, 15) is 9.18 Å². The first-order valence-corrected chi connectivity index (χ1v) is 8.90. The minimum atomic E-state index is -0.258. The molecule has 1 aliphatic rings. The van der Waals surface area contributed by atoms with Gasteiger partial charge in [0.05, 0.1) is 5.56 Å². The molecule has 1 amide bonds. The van der Waals surface area contributed by atoms with Crippen molar-refractivity contribution in [2.45, 2.75) is 26.7 Å². The topological polar surface area (TPSA) is 37.3 Å². The molecule has 0 spiro atoms. The van der Waals surface area contributed by atoms with Gasteiger partial charge in [0, 0.05) is 30.2 Å². The second-order valence-corrected chi connectivity index (χ2v) is 6.91. The van der Waals surface area contributed by atoms with E-state index in [2.05, 4.69) is 5.32 Å². The van der Waals surface area contributed by atoms with Gasteiger partial charge in [-0.3, -0.25) is 4.79 Å². The Kier molecular flexibility index (Phi) is 5.23. The maximum atomic E-state index is 13.2. The van der Waals surface area contributed by atoms with Gasteiger partial charge in [0.1, 0.15) is 5.82 Å². The summed E-state index contributed by atoms with van der Waals surface area (Å²) in [6.45, 7) is 6.50. The average Bonchev–Trinajstić information content (AvgIpc) is 2.90. The van der Waals surface area contributed by atoms with Crippen LogP contribution in [-0.4, -0.2) is 42.1 Å². The van der Waals surface area contributed by atoms with Crippen LogP contribution in [0.25, 0.3) is 5.69 Å². The molecule has 1 aliphatic heterocycles. The smallest absolute Gasteiger partial charge is 0.255 e. The highest BCUT2D eigenvalue weighted by molar-refractivity contribution is 5.96. The molecular weight excluding hydrogens is 317 g/mol. The normalized spacial score (nSPS) is 17.8. The zero-order valence-electron chi connectivity index (χ0n) is 15.2. The average molecular weight is 343 g/mol. The van der Waals surface area contributed by atoms with E-state index >= 15 is 0 Å². The Balaban J connectivity index is 1.86. The molecule has 0 aliphatic carbocycles. The monoisotopic (exact) mass is 343 g/mol. The fourth-order valence-corrected chi connectivity index (χ4v) is 3.84. The predicted octanol–water partition coefficient (Wildman–Crippen LogP) is 3.30. The number of benzene rings is 1. The van der Waals surface area contributed by atoms with Gasteiger partial charge in [0.25, 0.3) is 5.91 Å². The van der Waals surface area contributed by atoms with Crippen LogP contribution < -0.4 is 5.32 Å². The fourth-order valence-electron chi connectivity index (χ4n) is 3.84. The van der Waals surface area contributed by atoms with E-state index in [1.807, 2.05) is 36.4 Å². The molecule has 1 atom stereocenters. The van der Waals surface area contributed by atoms with Crippen molar-refractivity contribution in [1.29, 1.82) is 0 Å². The van der Waals surface area contributed by atoms with Crippen LogP contribution >= 0.6 is 0 Å². The van der Waals surface area contributed by atoms with Crippen LogP contribution in [0.3, 0.4) is 0 Å². The Labute approximate surface area is 148 Å². The Morgan fingerprint density at radius 2 is 2.00 bits per heavy atom. The van der Waals surface area contributed by atoms with Crippen molar-refractivity contribution in [3.8, 4) is 5.69 Å². The number of nitrogens with one attached hydrogen (secondary N) is 1. The molecular formula is C20H26FN3O. The van der Waals surface area contributed by atoms with Gasteiger partial charge in [-0.15, -0.1) is 0 Å². The Bertz CT molecular complexity index is 749. The molecule has 2 aromatic rings. The Morgan fingerprint density at radius 3 is 2.68 bits per heavy atom. The molecule has 25 heavy (non-hydrogen) atoms. The number of amides is 1. The highest BCUT2D eigenvalue weighted by Gasteiger charge is 2.26. The first-order chi connectivity index (χ1) is 12.0. The summed E-state index contributed by atoms with van der Waals surface area (Å²) in [4.78, 5) is 15.0. The molecule has 5 heteroatoms. The van der Waals surface area contributed by atoms with Crippen molar-refractivity contribution < 1.29 is 9.18 Å². The van der Waals surface area contributed by atoms with E-state index in [-0.39, 0.29) is 11.7 Å². The van der Waals surface area contributed by atoms with Crippen LogP contribution in [0.2, 0.25) is 0 Å². The summed E-state index contributed by atoms with van der Waals surface area (Å²) >= 11 is 0. The van der Waals surface area contributed by atoms with Gasteiger partial charge in [-0.2, -0.15) is 0 Å². The second-order valence-electron chi connectivity index (χ2n) is 6.91. The number of piperidine rings is 1. The first kappa shape index (κ1) is 17.7. The molecule has 134 valence electrons. The second kappa shape index (κ2) is 7.40. The first-order valence-electron chi connectivity index (χ1n) is 8.90. The van der Waals surface area contributed by atoms with Crippen LogP contribution in [0.1, 0.15) is 34.6 Å². The zero-order valence-corrected chi connectivity index (χ0v) is 15.2. The number of hydrogen-bond donors (Lipinski definition) is 1. The number of hydrogen-bond acceptors (Lipinski definition) is 2. The molecule has 0 saturated carbocycles. The van der Waals surface area contributed by atoms with Crippen molar-refractivity contribution in [3.05, 3.63) is 53.1 Å². The molecule has 1 unspecified atom stereocenters. The zero-order chi connectivity index (χ0) is 18.0. The summed E-state index contributed by atoms with van der Waals surface area (Å²) in [5, 5.41) is 3.21. The third-order valence-electron chi connectivity index (χ3n) is 5.05. The van der Waals surface area contributed by atoms with Gasteiger partial charge < -0.3 is 14.8 Å². The van der Waals surface area contributed by atoms with E-state index in [1.165, 1.54) is 18.6 Å². The molecule has 1 fully saturated rings. The van der Waals surface area contributed by atoms with Crippen LogP contribution in [-0.2, 0) is 0 Å². The fraction of sp³-hybridized carbons (Fsp3) is 0.450. The summed E-state index contributed by atoms with van der Waals surface area (Å²) in [6.07, 6.45) is 2.22. The molecule has 1 aromatic heterocycles. The number of carbonyl (C=O) groups is 1. The van der Waals surface area contributed by atoms with Gasteiger partial charge in [-0.05, 0) is 76.5 Å². The molecule has 1 N–H and O–H groups in total. The largest absolute Gasteiger partial charge is 0.338 e. The molecule has 1 aromatic carbocycles. The molecule has 3 rings (SSSR count).